The molecule has 118 valence electrons. The zero-order chi connectivity index (χ0) is 15.2. The Morgan fingerprint density at radius 2 is 1.82 bits per heavy atom. The minimum atomic E-state index is 0.270. The fourth-order valence-corrected chi connectivity index (χ4v) is 3.45. The van der Waals surface area contributed by atoms with E-state index < -0.39 is 0 Å². The quantitative estimate of drug-likeness (QED) is 0.798. The summed E-state index contributed by atoms with van der Waals surface area (Å²) in [4.78, 5) is 16.9. The molecule has 0 bridgehead atoms. The lowest BCUT2D eigenvalue weighted by Crippen LogP contribution is -2.50. The van der Waals surface area contributed by atoms with Crippen LogP contribution in [0.25, 0.3) is 0 Å². The summed E-state index contributed by atoms with van der Waals surface area (Å²) in [6.07, 6.45) is 8.95. The minimum absolute atomic E-state index is 0.270. The first kappa shape index (κ1) is 15.3. The van der Waals surface area contributed by atoms with Crippen molar-refractivity contribution in [2.45, 2.75) is 25.7 Å². The number of allylic oxidation sites excluding steroid dienone is 2. The van der Waals surface area contributed by atoms with Crippen LogP contribution in [0.2, 0.25) is 0 Å². The maximum Gasteiger partial charge on any atom is 0.227 e. The molecule has 3 rings (SSSR count). The van der Waals surface area contributed by atoms with Gasteiger partial charge in [-0.1, -0.05) is 42.5 Å². The maximum absolute atomic E-state index is 12.4. The van der Waals surface area contributed by atoms with Crippen molar-refractivity contribution in [3.05, 3.63) is 48.0 Å². The van der Waals surface area contributed by atoms with Crippen LogP contribution in [0, 0.1) is 5.92 Å². The van der Waals surface area contributed by atoms with Crippen LogP contribution in [-0.2, 0) is 11.2 Å². The first-order valence-electron chi connectivity index (χ1n) is 8.50. The van der Waals surface area contributed by atoms with Gasteiger partial charge in [-0.15, -0.1) is 0 Å². The molecule has 1 fully saturated rings. The fourth-order valence-electron chi connectivity index (χ4n) is 3.45. The molecule has 0 unspecified atom stereocenters. The molecule has 1 heterocycles. The predicted octanol–water partition coefficient (Wildman–Crippen LogP) is 2.73. The third-order valence-electron chi connectivity index (χ3n) is 4.82. The lowest BCUT2D eigenvalue weighted by atomic mass is 9.94. The Bertz CT molecular complexity index is 503. The van der Waals surface area contributed by atoms with Gasteiger partial charge < -0.3 is 4.90 Å². The van der Waals surface area contributed by atoms with Crippen LogP contribution in [0.5, 0.6) is 0 Å². The normalized spacial score (nSPS) is 22.7. The second-order valence-electron chi connectivity index (χ2n) is 6.49. The summed E-state index contributed by atoms with van der Waals surface area (Å²) >= 11 is 0. The van der Waals surface area contributed by atoms with Crippen LogP contribution in [0.4, 0.5) is 0 Å². The van der Waals surface area contributed by atoms with E-state index in [2.05, 4.69) is 17.1 Å². The van der Waals surface area contributed by atoms with Crippen molar-refractivity contribution in [2.24, 2.45) is 5.92 Å². The van der Waals surface area contributed by atoms with Gasteiger partial charge in [0.25, 0.3) is 0 Å². The van der Waals surface area contributed by atoms with Gasteiger partial charge in [0.2, 0.25) is 5.91 Å². The highest BCUT2D eigenvalue weighted by Crippen LogP contribution is 2.20. The van der Waals surface area contributed by atoms with E-state index in [9.17, 15) is 4.79 Å². The van der Waals surface area contributed by atoms with E-state index in [4.69, 9.17) is 0 Å². The average Bonchev–Trinajstić information content (AvgIpc) is 2.57. The number of carbonyl (C=O) groups is 1. The summed E-state index contributed by atoms with van der Waals surface area (Å²) in [5.41, 5.74) is 1.11. The Labute approximate surface area is 133 Å². The largest absolute Gasteiger partial charge is 0.340 e. The van der Waals surface area contributed by atoms with Crippen LogP contribution < -0.4 is 0 Å². The summed E-state index contributed by atoms with van der Waals surface area (Å²) in [6, 6.07) is 10.1. The molecular weight excluding hydrogens is 272 g/mol. The second-order valence-corrected chi connectivity index (χ2v) is 6.49. The molecule has 0 aromatic heterocycles. The van der Waals surface area contributed by atoms with Gasteiger partial charge in [0.15, 0.2) is 0 Å². The Morgan fingerprint density at radius 1 is 1.05 bits per heavy atom. The monoisotopic (exact) mass is 298 g/mol. The number of rotatable bonds is 4. The van der Waals surface area contributed by atoms with E-state index in [1.807, 2.05) is 35.2 Å². The fraction of sp³-hybridized carbons (Fsp3) is 0.526. The third kappa shape index (κ3) is 4.20. The molecule has 1 aromatic rings. The summed E-state index contributed by atoms with van der Waals surface area (Å²) in [5.74, 6) is 1.09. The van der Waals surface area contributed by atoms with E-state index in [0.29, 0.717) is 6.42 Å². The molecular formula is C19H26N2O. The van der Waals surface area contributed by atoms with Gasteiger partial charge in [0.05, 0.1) is 6.42 Å². The van der Waals surface area contributed by atoms with Crippen LogP contribution in [-0.4, -0.2) is 48.4 Å². The SMILES string of the molecule is O=C(Cc1ccccc1)N1CCN(C[C@H]2CC=CCC2)CC1. The van der Waals surface area contributed by atoms with Crippen molar-refractivity contribution >= 4 is 5.91 Å². The van der Waals surface area contributed by atoms with Crippen molar-refractivity contribution in [1.29, 1.82) is 0 Å². The van der Waals surface area contributed by atoms with E-state index in [0.717, 1.165) is 37.7 Å². The molecule has 0 spiro atoms. The predicted molar refractivity (Wildman–Crippen MR) is 89.6 cm³/mol. The molecule has 0 N–H and O–H groups in total. The number of hydrogen-bond acceptors (Lipinski definition) is 2. The summed E-state index contributed by atoms with van der Waals surface area (Å²) in [7, 11) is 0. The third-order valence-corrected chi connectivity index (χ3v) is 4.82. The Morgan fingerprint density at radius 3 is 2.50 bits per heavy atom. The van der Waals surface area contributed by atoms with Crippen LogP contribution in [0.3, 0.4) is 0 Å². The summed E-state index contributed by atoms with van der Waals surface area (Å²) in [6.45, 7) is 5.02. The van der Waals surface area contributed by atoms with Crippen molar-refractivity contribution in [3.63, 3.8) is 0 Å². The Kier molecular flexibility index (Phi) is 5.28. The van der Waals surface area contributed by atoms with Crippen LogP contribution >= 0.6 is 0 Å². The molecule has 1 amide bonds. The molecule has 1 atom stereocenters. The van der Waals surface area contributed by atoms with Crippen molar-refractivity contribution < 1.29 is 4.79 Å². The zero-order valence-electron chi connectivity index (χ0n) is 13.3. The zero-order valence-corrected chi connectivity index (χ0v) is 13.3. The topological polar surface area (TPSA) is 23.6 Å². The van der Waals surface area contributed by atoms with Crippen molar-refractivity contribution in [1.82, 2.24) is 9.80 Å². The summed E-state index contributed by atoms with van der Waals surface area (Å²) < 4.78 is 0. The number of hydrogen-bond donors (Lipinski definition) is 0. The lowest BCUT2D eigenvalue weighted by Gasteiger charge is -2.36. The van der Waals surface area contributed by atoms with Gasteiger partial charge >= 0.3 is 0 Å². The number of nitrogens with zero attached hydrogens (tertiary/aromatic N) is 2. The molecule has 0 radical (unpaired) electrons. The van der Waals surface area contributed by atoms with Crippen LogP contribution in [0.1, 0.15) is 24.8 Å². The van der Waals surface area contributed by atoms with Gasteiger partial charge in [-0.3, -0.25) is 9.69 Å². The number of amides is 1. The van der Waals surface area contributed by atoms with Gasteiger partial charge in [-0.2, -0.15) is 0 Å². The minimum Gasteiger partial charge on any atom is -0.340 e. The van der Waals surface area contributed by atoms with E-state index in [1.54, 1.807) is 0 Å². The van der Waals surface area contributed by atoms with Crippen molar-refractivity contribution in [2.75, 3.05) is 32.7 Å². The standard InChI is InChI=1S/C19H26N2O/c22-19(15-17-7-3-1-4-8-17)21-13-11-20(12-14-21)16-18-9-5-2-6-10-18/h1-5,7-8,18H,6,9-16H2/t18-/m0/s1. The average molecular weight is 298 g/mol. The van der Waals surface area contributed by atoms with E-state index >= 15 is 0 Å². The highest BCUT2D eigenvalue weighted by Gasteiger charge is 2.23. The number of piperazine rings is 1. The Hall–Kier alpha value is -1.61. The first-order valence-corrected chi connectivity index (χ1v) is 8.50. The molecule has 1 saturated heterocycles. The summed E-state index contributed by atoms with van der Waals surface area (Å²) in [5, 5.41) is 0. The number of carbonyl (C=O) groups excluding carboxylic acids is 1. The smallest absolute Gasteiger partial charge is 0.227 e. The van der Waals surface area contributed by atoms with Gasteiger partial charge in [0, 0.05) is 32.7 Å². The van der Waals surface area contributed by atoms with Crippen molar-refractivity contribution in [3.8, 4) is 0 Å². The highest BCUT2D eigenvalue weighted by atomic mass is 16.2. The molecule has 22 heavy (non-hydrogen) atoms. The molecule has 3 heteroatoms. The molecule has 2 aliphatic rings. The van der Waals surface area contributed by atoms with Gasteiger partial charge in [-0.25, -0.2) is 0 Å². The van der Waals surface area contributed by atoms with Crippen LogP contribution in [0.15, 0.2) is 42.5 Å². The van der Waals surface area contributed by atoms with Gasteiger partial charge in [0.1, 0.15) is 0 Å². The lowest BCUT2D eigenvalue weighted by molar-refractivity contribution is -0.132. The molecule has 1 aliphatic carbocycles. The first-order chi connectivity index (χ1) is 10.8. The highest BCUT2D eigenvalue weighted by molar-refractivity contribution is 5.78. The van der Waals surface area contributed by atoms with E-state index in [1.165, 1.54) is 25.8 Å². The Balaban J connectivity index is 1.43. The number of benzene rings is 1. The maximum atomic E-state index is 12.4. The molecule has 0 saturated carbocycles. The van der Waals surface area contributed by atoms with Gasteiger partial charge in [-0.05, 0) is 30.7 Å². The molecule has 3 nitrogen and oxygen atoms in total. The molecule has 1 aliphatic heterocycles. The van der Waals surface area contributed by atoms with E-state index in [-0.39, 0.29) is 5.91 Å². The second kappa shape index (κ2) is 7.59. The molecule has 1 aromatic carbocycles.